The van der Waals surface area contributed by atoms with Crippen LogP contribution in [0, 0.1) is 16.7 Å². The number of nitrogens with zero attached hydrogens (tertiary/aromatic N) is 3. The molecule has 5 nitrogen and oxygen atoms in total. The van der Waals surface area contributed by atoms with E-state index in [1.54, 1.807) is 6.33 Å². The molecule has 20 heavy (non-hydrogen) atoms. The average Bonchev–Trinajstić information content (AvgIpc) is 2.97. The summed E-state index contributed by atoms with van der Waals surface area (Å²) >= 11 is 1.27. The second-order valence-corrected chi connectivity index (χ2v) is 7.96. The highest BCUT2D eigenvalue weighted by Gasteiger charge is 2.60. The summed E-state index contributed by atoms with van der Waals surface area (Å²) in [6.45, 7) is 7.02. The molecule has 0 radical (unpaired) electrons. The van der Waals surface area contributed by atoms with Gasteiger partial charge in [0.05, 0.1) is 5.75 Å². The van der Waals surface area contributed by atoms with E-state index in [2.05, 4.69) is 35.5 Å². The van der Waals surface area contributed by atoms with Crippen molar-refractivity contribution in [1.82, 2.24) is 14.8 Å². The van der Waals surface area contributed by atoms with E-state index >= 15 is 0 Å². The van der Waals surface area contributed by atoms with Gasteiger partial charge in [-0.3, -0.25) is 4.79 Å². The number of carboxylic acids is 1. The Kier molecular flexibility index (Phi) is 3.12. The zero-order valence-corrected chi connectivity index (χ0v) is 13.0. The molecule has 110 valence electrons. The molecule has 2 fully saturated rings. The summed E-state index contributed by atoms with van der Waals surface area (Å²) in [4.78, 5) is 10.8. The quantitative estimate of drug-likeness (QED) is 0.865. The van der Waals surface area contributed by atoms with Crippen LogP contribution in [-0.4, -0.2) is 31.6 Å². The Bertz CT molecular complexity index is 538. The van der Waals surface area contributed by atoms with Gasteiger partial charge in [0, 0.05) is 6.04 Å². The maximum Gasteiger partial charge on any atom is 0.313 e. The van der Waals surface area contributed by atoms with Crippen LogP contribution < -0.4 is 0 Å². The molecule has 1 heterocycles. The molecule has 3 rings (SSSR count). The van der Waals surface area contributed by atoms with Crippen molar-refractivity contribution >= 4 is 17.7 Å². The Morgan fingerprint density at radius 3 is 2.90 bits per heavy atom. The first-order valence-corrected chi connectivity index (χ1v) is 8.07. The number of fused-ring (bicyclic) bond motifs is 2. The number of aliphatic carboxylic acids is 1. The fraction of sp³-hybridized carbons (Fsp3) is 0.786. The molecule has 3 unspecified atom stereocenters. The molecule has 6 heteroatoms. The summed E-state index contributed by atoms with van der Waals surface area (Å²) < 4.78 is 2.13. The first-order valence-electron chi connectivity index (χ1n) is 7.09. The fourth-order valence-electron chi connectivity index (χ4n) is 4.61. The van der Waals surface area contributed by atoms with Crippen LogP contribution in [0.3, 0.4) is 0 Å². The minimum absolute atomic E-state index is 0.0337. The van der Waals surface area contributed by atoms with Crippen molar-refractivity contribution in [2.24, 2.45) is 16.7 Å². The predicted molar refractivity (Wildman–Crippen MR) is 76.6 cm³/mol. The van der Waals surface area contributed by atoms with Crippen molar-refractivity contribution in [3.05, 3.63) is 6.33 Å². The summed E-state index contributed by atoms with van der Waals surface area (Å²) in [5, 5.41) is 17.7. The predicted octanol–water partition coefficient (Wildman–Crippen LogP) is 2.84. The van der Waals surface area contributed by atoms with Gasteiger partial charge < -0.3 is 9.67 Å². The molecule has 2 aliphatic carbocycles. The molecule has 0 aliphatic heterocycles. The molecular formula is C14H21N3O2S. The third-order valence-corrected chi connectivity index (χ3v) is 6.28. The summed E-state index contributed by atoms with van der Waals surface area (Å²) in [6, 6.07) is 0.361. The highest BCUT2D eigenvalue weighted by atomic mass is 32.2. The van der Waals surface area contributed by atoms with Gasteiger partial charge in [0.15, 0.2) is 5.16 Å². The van der Waals surface area contributed by atoms with E-state index < -0.39 is 5.97 Å². The van der Waals surface area contributed by atoms with E-state index in [0.717, 1.165) is 11.1 Å². The highest BCUT2D eigenvalue weighted by molar-refractivity contribution is 7.99. The molecule has 0 aromatic carbocycles. The van der Waals surface area contributed by atoms with E-state index in [9.17, 15) is 4.79 Å². The van der Waals surface area contributed by atoms with Crippen molar-refractivity contribution in [2.75, 3.05) is 5.75 Å². The summed E-state index contributed by atoms with van der Waals surface area (Å²) in [5.74, 6) is -0.0356. The number of hydrogen-bond acceptors (Lipinski definition) is 4. The fourth-order valence-corrected chi connectivity index (χ4v) is 5.27. The molecule has 2 saturated carbocycles. The average molecular weight is 295 g/mol. The Morgan fingerprint density at radius 2 is 2.30 bits per heavy atom. The van der Waals surface area contributed by atoms with Crippen LogP contribution in [0.2, 0.25) is 0 Å². The van der Waals surface area contributed by atoms with Crippen molar-refractivity contribution in [2.45, 2.75) is 51.2 Å². The summed E-state index contributed by atoms with van der Waals surface area (Å²) in [7, 11) is 0. The van der Waals surface area contributed by atoms with Crippen molar-refractivity contribution in [3.63, 3.8) is 0 Å². The minimum Gasteiger partial charge on any atom is -0.481 e. The van der Waals surface area contributed by atoms with Gasteiger partial charge in [0.1, 0.15) is 6.33 Å². The van der Waals surface area contributed by atoms with Crippen LogP contribution in [0.5, 0.6) is 0 Å². The maximum absolute atomic E-state index is 10.8. The van der Waals surface area contributed by atoms with Gasteiger partial charge in [0.2, 0.25) is 0 Å². The number of aromatic nitrogens is 3. The highest BCUT2D eigenvalue weighted by Crippen LogP contribution is 2.68. The van der Waals surface area contributed by atoms with Gasteiger partial charge in [-0.1, -0.05) is 32.5 Å². The van der Waals surface area contributed by atoms with Crippen LogP contribution in [0.1, 0.15) is 46.1 Å². The Labute approximate surface area is 123 Å². The largest absolute Gasteiger partial charge is 0.481 e. The van der Waals surface area contributed by atoms with Gasteiger partial charge >= 0.3 is 5.97 Å². The Balaban J connectivity index is 1.93. The molecule has 0 saturated heterocycles. The second-order valence-electron chi connectivity index (χ2n) is 7.02. The molecule has 0 spiro atoms. The smallest absolute Gasteiger partial charge is 0.313 e. The summed E-state index contributed by atoms with van der Waals surface area (Å²) in [6.07, 6.45) is 5.58. The van der Waals surface area contributed by atoms with Crippen molar-refractivity contribution in [1.29, 1.82) is 0 Å². The number of carboxylic acid groups (broad SMARTS) is 1. The van der Waals surface area contributed by atoms with Crippen LogP contribution in [0.15, 0.2) is 11.5 Å². The van der Waals surface area contributed by atoms with Crippen LogP contribution >= 0.6 is 11.8 Å². The third kappa shape index (κ3) is 1.96. The van der Waals surface area contributed by atoms with Gasteiger partial charge in [-0.05, 0) is 36.0 Å². The van der Waals surface area contributed by atoms with Crippen molar-refractivity contribution < 1.29 is 9.90 Å². The number of thioether (sulfide) groups is 1. The topological polar surface area (TPSA) is 68.0 Å². The molecule has 2 aliphatic rings. The van der Waals surface area contributed by atoms with Crippen LogP contribution in [-0.2, 0) is 4.79 Å². The number of hydrogen-bond donors (Lipinski definition) is 1. The van der Waals surface area contributed by atoms with Crippen LogP contribution in [0.25, 0.3) is 0 Å². The van der Waals surface area contributed by atoms with Gasteiger partial charge in [0.25, 0.3) is 0 Å². The van der Waals surface area contributed by atoms with Gasteiger partial charge in [-0.15, -0.1) is 10.2 Å². The van der Waals surface area contributed by atoms with E-state index in [4.69, 9.17) is 5.11 Å². The lowest BCUT2D eigenvalue weighted by atomic mass is 9.68. The Hall–Kier alpha value is -1.04. The van der Waals surface area contributed by atoms with E-state index in [1.165, 1.54) is 31.0 Å². The monoisotopic (exact) mass is 295 g/mol. The lowest BCUT2D eigenvalue weighted by molar-refractivity contribution is -0.133. The first kappa shape index (κ1) is 13.9. The van der Waals surface area contributed by atoms with E-state index in [0.29, 0.717) is 6.04 Å². The molecular weight excluding hydrogens is 274 g/mol. The lowest BCUT2D eigenvalue weighted by Gasteiger charge is -2.43. The molecule has 2 bridgehead atoms. The molecule has 3 atom stereocenters. The second kappa shape index (κ2) is 4.48. The van der Waals surface area contributed by atoms with Crippen LogP contribution in [0.4, 0.5) is 0 Å². The lowest BCUT2D eigenvalue weighted by Crippen LogP contribution is -2.37. The molecule has 0 amide bonds. The minimum atomic E-state index is -0.817. The van der Waals surface area contributed by atoms with E-state index in [1.807, 2.05) is 0 Å². The first-order chi connectivity index (χ1) is 9.34. The van der Waals surface area contributed by atoms with E-state index in [-0.39, 0.29) is 16.6 Å². The molecule has 1 aromatic heterocycles. The normalized spacial score (nSPS) is 34.5. The number of rotatable bonds is 4. The zero-order valence-electron chi connectivity index (χ0n) is 12.2. The molecule has 1 N–H and O–H groups in total. The SMILES string of the molecule is CC12CCC(C1)C(C)(C)C2n1cnnc1SCC(=O)O. The van der Waals surface area contributed by atoms with Crippen molar-refractivity contribution in [3.8, 4) is 0 Å². The standard InChI is InChI=1S/C14H21N3O2S/c1-13(2)9-4-5-14(3,6-9)11(13)17-8-15-16-12(17)20-7-10(18)19/h8-9,11H,4-7H2,1-3H3,(H,18,19). The summed E-state index contributed by atoms with van der Waals surface area (Å²) in [5.41, 5.74) is 0.503. The molecule has 1 aromatic rings. The third-order valence-electron chi connectivity index (χ3n) is 5.34. The maximum atomic E-state index is 10.8. The Morgan fingerprint density at radius 1 is 1.55 bits per heavy atom. The van der Waals surface area contributed by atoms with Gasteiger partial charge in [-0.25, -0.2) is 0 Å². The zero-order chi connectivity index (χ0) is 14.5. The van der Waals surface area contributed by atoms with Gasteiger partial charge in [-0.2, -0.15) is 0 Å². The number of carbonyl (C=O) groups is 1.